The van der Waals surface area contributed by atoms with E-state index in [2.05, 4.69) is 20.6 Å². The fourth-order valence-electron chi connectivity index (χ4n) is 2.25. The van der Waals surface area contributed by atoms with Gasteiger partial charge in [-0.05, 0) is 31.4 Å². The van der Waals surface area contributed by atoms with Crippen molar-refractivity contribution in [3.8, 4) is 5.75 Å². The lowest BCUT2D eigenvalue weighted by Crippen LogP contribution is -2.26. The lowest BCUT2D eigenvalue weighted by Gasteiger charge is -2.20. The van der Waals surface area contributed by atoms with Crippen LogP contribution in [0.4, 0.5) is 11.5 Å². The number of nitrogens with one attached hydrogen (secondary N) is 2. The molecule has 0 spiro atoms. The summed E-state index contributed by atoms with van der Waals surface area (Å²) in [5.41, 5.74) is 3.04. The average Bonchev–Trinajstić information content (AvgIpc) is 2.47. The van der Waals surface area contributed by atoms with Crippen LogP contribution >= 0.6 is 11.8 Å². The highest BCUT2D eigenvalue weighted by Crippen LogP contribution is 2.27. The smallest absolute Gasteiger partial charge is 0.189 e. The fourth-order valence-corrected chi connectivity index (χ4v) is 2.64. The van der Waals surface area contributed by atoms with Crippen LogP contribution < -0.4 is 10.6 Å². The first-order chi connectivity index (χ1) is 9.76. The minimum Gasteiger partial charge on any atom is -0.508 e. The Morgan fingerprint density at radius 3 is 3.05 bits per heavy atom. The van der Waals surface area contributed by atoms with E-state index in [1.165, 1.54) is 11.8 Å². The van der Waals surface area contributed by atoms with Crippen molar-refractivity contribution in [1.82, 2.24) is 15.3 Å². The average molecular weight is 288 g/mol. The monoisotopic (exact) mass is 288 g/mol. The Morgan fingerprint density at radius 2 is 2.25 bits per heavy atom. The number of thioether (sulfide) groups is 1. The summed E-state index contributed by atoms with van der Waals surface area (Å²) in [5, 5.41) is 16.9. The number of aromatic hydroxyl groups is 1. The van der Waals surface area contributed by atoms with E-state index in [4.69, 9.17) is 0 Å². The highest BCUT2D eigenvalue weighted by Gasteiger charge is 2.17. The molecule has 6 heteroatoms. The van der Waals surface area contributed by atoms with E-state index in [1.54, 1.807) is 12.1 Å². The van der Waals surface area contributed by atoms with Crippen LogP contribution in [-0.4, -0.2) is 27.9 Å². The molecule has 0 saturated carbocycles. The van der Waals surface area contributed by atoms with Gasteiger partial charge in [0.05, 0.1) is 5.69 Å². The predicted molar refractivity (Wildman–Crippen MR) is 80.6 cm³/mol. The number of aromatic nitrogens is 2. The molecule has 0 amide bonds. The Bertz CT molecular complexity index is 633. The number of rotatable bonds is 3. The van der Waals surface area contributed by atoms with Gasteiger partial charge in [0, 0.05) is 23.9 Å². The first-order valence-electron chi connectivity index (χ1n) is 6.47. The maximum absolute atomic E-state index is 9.54. The Hall–Kier alpha value is -1.79. The quantitative estimate of drug-likeness (QED) is 0.595. The van der Waals surface area contributed by atoms with Crippen molar-refractivity contribution in [1.29, 1.82) is 0 Å². The van der Waals surface area contributed by atoms with Crippen LogP contribution in [0.25, 0.3) is 0 Å². The van der Waals surface area contributed by atoms with Crippen molar-refractivity contribution in [2.24, 2.45) is 0 Å². The molecule has 1 aliphatic heterocycles. The fraction of sp³-hybridized carbons (Fsp3) is 0.286. The Labute approximate surface area is 121 Å². The molecule has 0 aliphatic carbocycles. The second kappa shape index (κ2) is 5.68. The molecule has 20 heavy (non-hydrogen) atoms. The summed E-state index contributed by atoms with van der Waals surface area (Å²) in [6.45, 7) is 1.71. The van der Waals surface area contributed by atoms with Crippen LogP contribution in [-0.2, 0) is 13.0 Å². The number of phenols is 1. The number of hydrogen-bond acceptors (Lipinski definition) is 6. The van der Waals surface area contributed by atoms with Gasteiger partial charge in [-0.2, -0.15) is 0 Å². The van der Waals surface area contributed by atoms with Crippen LogP contribution in [0.5, 0.6) is 5.75 Å². The largest absolute Gasteiger partial charge is 0.508 e. The van der Waals surface area contributed by atoms with Gasteiger partial charge in [0.15, 0.2) is 5.16 Å². The molecule has 1 aromatic carbocycles. The summed E-state index contributed by atoms with van der Waals surface area (Å²) < 4.78 is 0. The minimum absolute atomic E-state index is 0.240. The van der Waals surface area contributed by atoms with Crippen LogP contribution in [0.15, 0.2) is 29.4 Å². The second-order valence-electron chi connectivity index (χ2n) is 4.59. The van der Waals surface area contributed by atoms with Crippen LogP contribution in [0.3, 0.4) is 0 Å². The molecule has 104 valence electrons. The molecule has 2 heterocycles. The third-order valence-electron chi connectivity index (χ3n) is 3.21. The molecule has 0 unspecified atom stereocenters. The van der Waals surface area contributed by atoms with Gasteiger partial charge in [0.2, 0.25) is 0 Å². The first kappa shape index (κ1) is 13.2. The van der Waals surface area contributed by atoms with Crippen molar-refractivity contribution >= 4 is 23.3 Å². The molecule has 0 radical (unpaired) electrons. The number of benzene rings is 1. The summed E-state index contributed by atoms with van der Waals surface area (Å²) in [6.07, 6.45) is 2.88. The minimum atomic E-state index is 0.240. The molecular weight excluding hydrogens is 272 g/mol. The molecule has 1 aliphatic rings. The zero-order chi connectivity index (χ0) is 13.9. The number of anilines is 2. The molecule has 2 aromatic rings. The topological polar surface area (TPSA) is 70.1 Å². The Balaban J connectivity index is 1.99. The molecule has 0 atom stereocenters. The normalized spacial score (nSPS) is 13.8. The summed E-state index contributed by atoms with van der Waals surface area (Å²) >= 11 is 1.53. The third kappa shape index (κ3) is 2.71. The van der Waals surface area contributed by atoms with E-state index >= 15 is 0 Å². The molecule has 0 saturated heterocycles. The number of nitrogens with zero attached hydrogens (tertiary/aromatic N) is 2. The van der Waals surface area contributed by atoms with Crippen LogP contribution in [0.2, 0.25) is 0 Å². The van der Waals surface area contributed by atoms with Crippen molar-refractivity contribution < 1.29 is 5.11 Å². The van der Waals surface area contributed by atoms with E-state index in [9.17, 15) is 5.11 Å². The predicted octanol–water partition coefficient (Wildman–Crippen LogP) is 2.29. The number of fused-ring (bicyclic) bond motifs is 1. The highest BCUT2D eigenvalue weighted by molar-refractivity contribution is 7.98. The molecule has 3 rings (SSSR count). The molecular formula is C14H16N4OS. The van der Waals surface area contributed by atoms with Gasteiger partial charge in [-0.25, -0.2) is 9.97 Å². The van der Waals surface area contributed by atoms with Crippen molar-refractivity contribution in [3.05, 3.63) is 35.5 Å². The van der Waals surface area contributed by atoms with E-state index in [0.29, 0.717) is 0 Å². The summed E-state index contributed by atoms with van der Waals surface area (Å²) in [4.78, 5) is 9.11. The second-order valence-corrected chi connectivity index (χ2v) is 5.36. The van der Waals surface area contributed by atoms with Gasteiger partial charge in [-0.15, -0.1) is 0 Å². The van der Waals surface area contributed by atoms with Crippen LogP contribution in [0.1, 0.15) is 11.3 Å². The Morgan fingerprint density at radius 1 is 1.35 bits per heavy atom. The summed E-state index contributed by atoms with van der Waals surface area (Å²) in [6, 6.07) is 7.06. The van der Waals surface area contributed by atoms with Crippen LogP contribution in [0, 0.1) is 0 Å². The maximum atomic E-state index is 9.54. The van der Waals surface area contributed by atoms with Gasteiger partial charge >= 0.3 is 0 Å². The Kier molecular flexibility index (Phi) is 3.75. The third-order valence-corrected chi connectivity index (χ3v) is 3.76. The van der Waals surface area contributed by atoms with Gasteiger partial charge in [-0.1, -0.05) is 17.8 Å². The number of hydrogen-bond donors (Lipinski definition) is 3. The van der Waals surface area contributed by atoms with Gasteiger partial charge in [0.25, 0.3) is 0 Å². The van der Waals surface area contributed by atoms with E-state index in [0.717, 1.165) is 47.4 Å². The molecule has 0 bridgehead atoms. The van der Waals surface area contributed by atoms with Crippen molar-refractivity contribution in [2.75, 3.05) is 18.1 Å². The van der Waals surface area contributed by atoms with E-state index < -0.39 is 0 Å². The zero-order valence-corrected chi connectivity index (χ0v) is 12.0. The van der Waals surface area contributed by atoms with Crippen molar-refractivity contribution in [3.63, 3.8) is 0 Å². The van der Waals surface area contributed by atoms with Gasteiger partial charge in [-0.3, -0.25) is 0 Å². The summed E-state index contributed by atoms with van der Waals surface area (Å²) in [5.74, 6) is 1.08. The first-order valence-corrected chi connectivity index (χ1v) is 7.69. The summed E-state index contributed by atoms with van der Waals surface area (Å²) in [7, 11) is 0. The lowest BCUT2D eigenvalue weighted by atomic mass is 10.1. The SMILES string of the molecule is CSc1nc2c(c(Nc3cccc(O)c3)n1)CCNC2. The highest BCUT2D eigenvalue weighted by atomic mass is 32.2. The van der Waals surface area contributed by atoms with Gasteiger partial charge < -0.3 is 15.7 Å². The number of phenolic OH excluding ortho intramolecular Hbond substituents is 1. The molecule has 3 N–H and O–H groups in total. The van der Waals surface area contributed by atoms with E-state index in [1.807, 2.05) is 18.4 Å². The lowest BCUT2D eigenvalue weighted by molar-refractivity contribution is 0.475. The van der Waals surface area contributed by atoms with Crippen molar-refractivity contribution in [2.45, 2.75) is 18.1 Å². The standard InChI is InChI=1S/C14H16N4OS/c1-20-14-17-12-8-15-6-5-11(12)13(18-14)16-9-3-2-4-10(19)7-9/h2-4,7,15,19H,5-6,8H2,1H3,(H,16,17,18). The molecule has 0 fully saturated rings. The van der Waals surface area contributed by atoms with E-state index in [-0.39, 0.29) is 5.75 Å². The van der Waals surface area contributed by atoms with Gasteiger partial charge in [0.1, 0.15) is 11.6 Å². The molecule has 1 aromatic heterocycles. The zero-order valence-electron chi connectivity index (χ0n) is 11.2. The molecule has 5 nitrogen and oxygen atoms in total. The maximum Gasteiger partial charge on any atom is 0.189 e.